The van der Waals surface area contributed by atoms with Gasteiger partial charge in [0.1, 0.15) is 16.5 Å². The molecule has 1 N–H and O–H groups in total. The van der Waals surface area contributed by atoms with Crippen LogP contribution in [0.1, 0.15) is 16.1 Å². The SMILES string of the molecule is COCCNC(=O)c1cc(-c2csc(-c3ccc(OC)cc3)n2)n(-c2ccc(OC)cc2)c1C. The normalized spacial score (nSPS) is 10.8. The van der Waals surface area contributed by atoms with Crippen LogP contribution in [0.2, 0.25) is 0 Å². The van der Waals surface area contributed by atoms with Crippen molar-refractivity contribution < 1.29 is 19.0 Å². The number of nitrogens with one attached hydrogen (secondary N) is 1. The first-order chi connectivity index (χ1) is 16.5. The number of aromatic nitrogens is 2. The second kappa shape index (κ2) is 10.5. The molecule has 1 amide bonds. The second-order valence-corrected chi connectivity index (χ2v) is 8.44. The fraction of sp³-hybridized carbons (Fsp3) is 0.231. The summed E-state index contributed by atoms with van der Waals surface area (Å²) in [6.07, 6.45) is 0. The largest absolute Gasteiger partial charge is 0.497 e. The van der Waals surface area contributed by atoms with Crippen molar-refractivity contribution in [1.29, 1.82) is 0 Å². The Labute approximate surface area is 202 Å². The zero-order valence-electron chi connectivity index (χ0n) is 19.6. The molecule has 2 aromatic heterocycles. The fourth-order valence-corrected chi connectivity index (χ4v) is 4.53. The van der Waals surface area contributed by atoms with Gasteiger partial charge in [0.15, 0.2) is 0 Å². The van der Waals surface area contributed by atoms with Gasteiger partial charge in [-0.1, -0.05) is 0 Å². The molecule has 0 atom stereocenters. The van der Waals surface area contributed by atoms with E-state index in [2.05, 4.69) is 9.88 Å². The van der Waals surface area contributed by atoms with Crippen molar-refractivity contribution in [2.75, 3.05) is 34.5 Å². The average Bonchev–Trinajstić information content (AvgIpc) is 3.49. The van der Waals surface area contributed by atoms with E-state index in [0.717, 1.165) is 44.8 Å². The highest BCUT2D eigenvalue weighted by Gasteiger charge is 2.21. The van der Waals surface area contributed by atoms with E-state index in [-0.39, 0.29) is 5.91 Å². The summed E-state index contributed by atoms with van der Waals surface area (Å²) in [6.45, 7) is 2.83. The molecule has 176 valence electrons. The van der Waals surface area contributed by atoms with Gasteiger partial charge in [-0.25, -0.2) is 4.98 Å². The van der Waals surface area contributed by atoms with Gasteiger partial charge in [0.05, 0.1) is 37.8 Å². The number of hydrogen-bond acceptors (Lipinski definition) is 6. The van der Waals surface area contributed by atoms with E-state index in [1.54, 1.807) is 32.7 Å². The van der Waals surface area contributed by atoms with Crippen LogP contribution in [0, 0.1) is 6.92 Å². The third-order valence-electron chi connectivity index (χ3n) is 5.52. The molecule has 2 aromatic carbocycles. The molecule has 0 spiro atoms. The Bertz CT molecular complexity index is 1260. The summed E-state index contributed by atoms with van der Waals surface area (Å²) >= 11 is 1.56. The first-order valence-corrected chi connectivity index (χ1v) is 11.7. The van der Waals surface area contributed by atoms with E-state index in [0.29, 0.717) is 18.7 Å². The number of rotatable bonds is 9. The maximum absolute atomic E-state index is 12.9. The number of hydrogen-bond donors (Lipinski definition) is 1. The van der Waals surface area contributed by atoms with Crippen molar-refractivity contribution >= 4 is 17.2 Å². The van der Waals surface area contributed by atoms with Gasteiger partial charge in [-0.2, -0.15) is 0 Å². The van der Waals surface area contributed by atoms with Gasteiger partial charge >= 0.3 is 0 Å². The van der Waals surface area contributed by atoms with Crippen LogP contribution in [0.4, 0.5) is 0 Å². The monoisotopic (exact) mass is 477 g/mol. The topological polar surface area (TPSA) is 74.6 Å². The zero-order chi connectivity index (χ0) is 24.1. The summed E-state index contributed by atoms with van der Waals surface area (Å²) in [5.41, 5.74) is 4.99. The Morgan fingerprint density at radius 1 is 1.00 bits per heavy atom. The Hall–Kier alpha value is -3.62. The lowest BCUT2D eigenvalue weighted by Crippen LogP contribution is -2.27. The predicted molar refractivity (Wildman–Crippen MR) is 134 cm³/mol. The Kier molecular flexibility index (Phi) is 7.30. The third-order valence-corrected chi connectivity index (χ3v) is 6.41. The minimum atomic E-state index is -0.145. The van der Waals surface area contributed by atoms with E-state index >= 15 is 0 Å². The summed E-state index contributed by atoms with van der Waals surface area (Å²) in [5.74, 6) is 1.42. The minimum Gasteiger partial charge on any atom is -0.497 e. The number of methoxy groups -OCH3 is 3. The van der Waals surface area contributed by atoms with E-state index < -0.39 is 0 Å². The summed E-state index contributed by atoms with van der Waals surface area (Å²) < 4.78 is 17.7. The van der Waals surface area contributed by atoms with E-state index in [1.807, 2.05) is 66.9 Å². The number of carbonyl (C=O) groups is 1. The molecular formula is C26H27N3O4S. The standard InChI is InChI=1S/C26H27N3O4S/c1-17-22(25(30)27-13-14-31-2)15-24(29(17)19-7-11-21(33-4)12-8-19)23-16-34-26(28-23)18-5-9-20(32-3)10-6-18/h5-12,15-16H,13-14H2,1-4H3,(H,27,30). The molecule has 0 bridgehead atoms. The lowest BCUT2D eigenvalue weighted by Gasteiger charge is -2.12. The average molecular weight is 478 g/mol. The number of thiazole rings is 1. The lowest BCUT2D eigenvalue weighted by molar-refractivity contribution is 0.0936. The lowest BCUT2D eigenvalue weighted by atomic mass is 10.2. The fourth-order valence-electron chi connectivity index (χ4n) is 3.71. The quantitative estimate of drug-likeness (QED) is 0.345. The maximum Gasteiger partial charge on any atom is 0.253 e. The molecule has 4 rings (SSSR count). The zero-order valence-corrected chi connectivity index (χ0v) is 20.4. The van der Waals surface area contributed by atoms with Crippen molar-refractivity contribution in [2.45, 2.75) is 6.92 Å². The van der Waals surface area contributed by atoms with Crippen LogP contribution in [0.5, 0.6) is 11.5 Å². The van der Waals surface area contributed by atoms with Gasteiger partial charge in [0.2, 0.25) is 0 Å². The molecule has 7 nitrogen and oxygen atoms in total. The van der Waals surface area contributed by atoms with Crippen LogP contribution < -0.4 is 14.8 Å². The molecule has 0 aliphatic heterocycles. The molecule has 0 aliphatic carbocycles. The summed E-state index contributed by atoms with van der Waals surface area (Å²) in [7, 11) is 4.90. The molecule has 0 aliphatic rings. The van der Waals surface area contributed by atoms with Gasteiger partial charge in [-0.15, -0.1) is 11.3 Å². The van der Waals surface area contributed by atoms with Gasteiger partial charge < -0.3 is 24.1 Å². The molecule has 34 heavy (non-hydrogen) atoms. The first-order valence-electron chi connectivity index (χ1n) is 10.8. The first kappa shape index (κ1) is 23.5. The number of carbonyl (C=O) groups excluding carboxylic acids is 1. The molecule has 0 saturated heterocycles. The van der Waals surface area contributed by atoms with Crippen LogP contribution in [-0.4, -0.2) is 49.9 Å². The molecule has 8 heteroatoms. The predicted octanol–water partition coefficient (Wildman–Crippen LogP) is 4.97. The minimum absolute atomic E-state index is 0.145. The maximum atomic E-state index is 12.9. The van der Waals surface area contributed by atoms with E-state index in [1.165, 1.54) is 0 Å². The summed E-state index contributed by atoms with van der Waals surface area (Å²) in [6, 6.07) is 17.5. The summed E-state index contributed by atoms with van der Waals surface area (Å²) in [5, 5.41) is 5.82. The molecule has 4 aromatic rings. The van der Waals surface area contributed by atoms with Crippen LogP contribution in [0.25, 0.3) is 27.6 Å². The van der Waals surface area contributed by atoms with E-state index in [9.17, 15) is 4.79 Å². The van der Waals surface area contributed by atoms with E-state index in [4.69, 9.17) is 19.2 Å². The molecule has 0 radical (unpaired) electrons. The Morgan fingerprint density at radius 3 is 2.26 bits per heavy atom. The van der Waals surface area contributed by atoms with Crippen LogP contribution in [0.15, 0.2) is 60.0 Å². The molecule has 0 unspecified atom stereocenters. The van der Waals surface area contributed by atoms with Crippen molar-refractivity contribution in [3.8, 4) is 39.1 Å². The number of benzene rings is 2. The molecule has 0 saturated carbocycles. The number of ether oxygens (including phenoxy) is 3. The van der Waals surface area contributed by atoms with Gasteiger partial charge in [-0.05, 0) is 61.5 Å². The number of nitrogens with zero attached hydrogens (tertiary/aromatic N) is 2. The van der Waals surface area contributed by atoms with Crippen LogP contribution >= 0.6 is 11.3 Å². The van der Waals surface area contributed by atoms with Gasteiger partial charge in [0, 0.05) is 36.0 Å². The highest BCUT2D eigenvalue weighted by atomic mass is 32.1. The molecular weight excluding hydrogens is 450 g/mol. The second-order valence-electron chi connectivity index (χ2n) is 7.58. The number of amides is 1. The molecule has 0 fully saturated rings. The van der Waals surface area contributed by atoms with Crippen molar-refractivity contribution in [3.63, 3.8) is 0 Å². The van der Waals surface area contributed by atoms with Crippen LogP contribution in [0.3, 0.4) is 0 Å². The van der Waals surface area contributed by atoms with Gasteiger partial charge in [-0.3, -0.25) is 4.79 Å². The third kappa shape index (κ3) is 4.83. The molecule has 2 heterocycles. The highest BCUT2D eigenvalue weighted by molar-refractivity contribution is 7.13. The Morgan fingerprint density at radius 2 is 1.65 bits per heavy atom. The Balaban J connectivity index is 1.76. The summed E-state index contributed by atoms with van der Waals surface area (Å²) in [4.78, 5) is 17.8. The van der Waals surface area contributed by atoms with Crippen molar-refractivity contribution in [1.82, 2.24) is 14.9 Å². The van der Waals surface area contributed by atoms with Gasteiger partial charge in [0.25, 0.3) is 5.91 Å². The van der Waals surface area contributed by atoms with Crippen LogP contribution in [-0.2, 0) is 4.74 Å². The highest BCUT2D eigenvalue weighted by Crippen LogP contribution is 2.34. The van der Waals surface area contributed by atoms with Crippen molar-refractivity contribution in [3.05, 3.63) is 71.2 Å². The smallest absolute Gasteiger partial charge is 0.253 e. The van der Waals surface area contributed by atoms with Crippen molar-refractivity contribution in [2.24, 2.45) is 0 Å².